The highest BCUT2D eigenvalue weighted by Gasteiger charge is 2.28. The number of carbonyl (C=O) groups is 1. The molecule has 0 atom stereocenters. The molecule has 2 aliphatic heterocycles. The minimum Gasteiger partial charge on any atom is -0.423 e. The second-order valence-electron chi connectivity index (χ2n) is 8.02. The van der Waals surface area contributed by atoms with Crippen molar-refractivity contribution >= 4 is 18.5 Å². The predicted molar refractivity (Wildman–Crippen MR) is 114 cm³/mol. The zero-order valence-corrected chi connectivity index (χ0v) is 16.6. The zero-order chi connectivity index (χ0) is 20.4. The number of nitrogens with one attached hydrogen (secondary N) is 1. The van der Waals surface area contributed by atoms with Gasteiger partial charge in [0, 0.05) is 31.7 Å². The lowest BCUT2D eigenvalue weighted by molar-refractivity contribution is 0.0711. The van der Waals surface area contributed by atoms with Crippen LogP contribution in [-0.2, 0) is 19.5 Å². The van der Waals surface area contributed by atoms with Crippen LogP contribution in [0.4, 0.5) is 0 Å². The Hall–Kier alpha value is -2.19. The van der Waals surface area contributed by atoms with Crippen molar-refractivity contribution in [2.45, 2.75) is 38.3 Å². The van der Waals surface area contributed by atoms with Gasteiger partial charge in [-0.25, -0.2) is 0 Å². The fourth-order valence-electron chi connectivity index (χ4n) is 4.55. The number of carbonyl (C=O) groups excluding carboxylic acids is 1. The first-order valence-electron chi connectivity index (χ1n) is 10.4. The van der Waals surface area contributed by atoms with Gasteiger partial charge in [0.05, 0.1) is 0 Å². The highest BCUT2D eigenvalue weighted by molar-refractivity contribution is 6.58. The van der Waals surface area contributed by atoms with Crippen molar-refractivity contribution in [2.24, 2.45) is 5.73 Å². The fraction of sp³-hybridized carbons (Fsp3) is 0.409. The van der Waals surface area contributed by atoms with Crippen LogP contribution in [0.1, 0.15) is 51.4 Å². The molecule has 1 amide bonds. The number of hydrogen-bond acceptors (Lipinski definition) is 5. The summed E-state index contributed by atoms with van der Waals surface area (Å²) in [5.74, 6) is 0.439. The van der Waals surface area contributed by atoms with Crippen LogP contribution in [-0.4, -0.2) is 47.6 Å². The minimum atomic E-state index is -1.57. The van der Waals surface area contributed by atoms with Gasteiger partial charge in [-0.15, -0.1) is 0 Å². The van der Waals surface area contributed by atoms with Gasteiger partial charge in [-0.1, -0.05) is 30.3 Å². The topological polar surface area (TPSA) is 98.8 Å². The predicted octanol–water partition coefficient (Wildman–Crippen LogP) is 0.491. The van der Waals surface area contributed by atoms with Gasteiger partial charge >= 0.3 is 7.12 Å². The third-order valence-electron chi connectivity index (χ3n) is 6.20. The summed E-state index contributed by atoms with van der Waals surface area (Å²) >= 11 is 0. The summed E-state index contributed by atoms with van der Waals surface area (Å²) in [7, 11) is -1.57. The maximum Gasteiger partial charge on any atom is 0.488 e. The molecule has 0 aliphatic carbocycles. The lowest BCUT2D eigenvalue weighted by Crippen LogP contribution is -2.41. The van der Waals surface area contributed by atoms with Crippen molar-refractivity contribution in [3.8, 4) is 0 Å². The van der Waals surface area contributed by atoms with Crippen molar-refractivity contribution in [1.82, 2.24) is 10.2 Å². The summed E-state index contributed by atoms with van der Waals surface area (Å²) in [4.78, 5) is 15.2. The third kappa shape index (κ3) is 4.23. The maximum absolute atomic E-state index is 13.3. The summed E-state index contributed by atoms with van der Waals surface area (Å²) in [6.07, 6.45) is 2.62. The Bertz CT molecular complexity index is 895. The molecular formula is C22H28BN3O3. The van der Waals surface area contributed by atoms with E-state index in [9.17, 15) is 14.8 Å². The molecule has 2 heterocycles. The van der Waals surface area contributed by atoms with E-state index in [2.05, 4.69) is 23.5 Å². The standard InChI is InChI=1S/C22H28BN3O3/c24-13-15-2-1-3-17(10-15)16-5-8-26(9-6-16)22(27)21-12-19(23(28)29)11-18-14-25-7-4-20(18)21/h1-3,10-12,16,25,28-29H,4-9,13-14,24H2. The number of rotatable bonds is 4. The first kappa shape index (κ1) is 20.1. The Labute approximate surface area is 171 Å². The van der Waals surface area contributed by atoms with Gasteiger partial charge in [-0.2, -0.15) is 0 Å². The molecule has 4 rings (SSSR count). The van der Waals surface area contributed by atoms with Crippen LogP contribution in [0.25, 0.3) is 0 Å². The molecule has 2 aromatic rings. The molecule has 2 aliphatic rings. The number of hydrogen-bond donors (Lipinski definition) is 4. The van der Waals surface area contributed by atoms with E-state index in [1.807, 2.05) is 11.0 Å². The minimum absolute atomic E-state index is 0.000177. The van der Waals surface area contributed by atoms with Crippen molar-refractivity contribution < 1.29 is 14.8 Å². The van der Waals surface area contributed by atoms with E-state index < -0.39 is 7.12 Å². The Balaban J connectivity index is 1.52. The number of benzene rings is 2. The van der Waals surface area contributed by atoms with Crippen LogP contribution in [0.3, 0.4) is 0 Å². The van der Waals surface area contributed by atoms with Crippen molar-refractivity contribution in [3.05, 3.63) is 64.2 Å². The highest BCUT2D eigenvalue weighted by Crippen LogP contribution is 2.30. The molecule has 6 nitrogen and oxygen atoms in total. The van der Waals surface area contributed by atoms with Gasteiger partial charge in [0.1, 0.15) is 0 Å². The molecule has 29 heavy (non-hydrogen) atoms. The van der Waals surface area contributed by atoms with Crippen LogP contribution >= 0.6 is 0 Å². The van der Waals surface area contributed by atoms with Crippen molar-refractivity contribution in [3.63, 3.8) is 0 Å². The summed E-state index contributed by atoms with van der Waals surface area (Å²) < 4.78 is 0. The first-order chi connectivity index (χ1) is 14.1. The number of nitrogens with zero attached hydrogens (tertiary/aromatic N) is 1. The number of likely N-dealkylation sites (tertiary alicyclic amines) is 1. The zero-order valence-electron chi connectivity index (χ0n) is 16.6. The van der Waals surface area contributed by atoms with E-state index in [4.69, 9.17) is 5.73 Å². The van der Waals surface area contributed by atoms with Gasteiger partial charge in [-0.05, 0) is 65.5 Å². The van der Waals surface area contributed by atoms with Crippen LogP contribution in [0.2, 0.25) is 0 Å². The maximum atomic E-state index is 13.3. The second-order valence-corrected chi connectivity index (χ2v) is 8.02. The molecule has 0 radical (unpaired) electrons. The molecule has 0 aromatic heterocycles. The quantitative estimate of drug-likeness (QED) is 0.567. The number of nitrogens with two attached hydrogens (primary N) is 1. The third-order valence-corrected chi connectivity index (χ3v) is 6.20. The number of amides is 1. The van der Waals surface area contributed by atoms with E-state index in [1.165, 1.54) is 5.56 Å². The fourth-order valence-corrected chi connectivity index (χ4v) is 4.55. The molecular weight excluding hydrogens is 365 g/mol. The van der Waals surface area contributed by atoms with Crippen LogP contribution in [0.15, 0.2) is 36.4 Å². The van der Waals surface area contributed by atoms with Gasteiger partial charge in [0.15, 0.2) is 0 Å². The molecule has 1 fully saturated rings. The van der Waals surface area contributed by atoms with E-state index in [-0.39, 0.29) is 5.91 Å². The number of fused-ring (bicyclic) bond motifs is 1. The molecule has 0 unspecified atom stereocenters. The molecule has 0 spiro atoms. The Morgan fingerprint density at radius 2 is 2.00 bits per heavy atom. The van der Waals surface area contributed by atoms with Crippen LogP contribution < -0.4 is 16.5 Å². The van der Waals surface area contributed by atoms with E-state index >= 15 is 0 Å². The highest BCUT2D eigenvalue weighted by atomic mass is 16.4. The summed E-state index contributed by atoms with van der Waals surface area (Å²) in [5.41, 5.74) is 11.2. The summed E-state index contributed by atoms with van der Waals surface area (Å²) in [5, 5.41) is 22.6. The Morgan fingerprint density at radius 3 is 2.72 bits per heavy atom. The first-order valence-corrected chi connectivity index (χ1v) is 10.4. The molecule has 2 aromatic carbocycles. The van der Waals surface area contributed by atoms with Gasteiger partial charge in [0.25, 0.3) is 5.91 Å². The van der Waals surface area contributed by atoms with Crippen molar-refractivity contribution in [2.75, 3.05) is 19.6 Å². The smallest absolute Gasteiger partial charge is 0.423 e. The SMILES string of the molecule is NCc1cccc(C2CCN(C(=O)c3cc(B(O)O)cc4c3CCNC4)CC2)c1. The largest absolute Gasteiger partial charge is 0.488 e. The summed E-state index contributed by atoms with van der Waals surface area (Å²) in [6, 6.07) is 11.9. The average molecular weight is 393 g/mol. The normalized spacial score (nSPS) is 17.1. The molecule has 5 N–H and O–H groups in total. The van der Waals surface area contributed by atoms with E-state index in [1.54, 1.807) is 12.1 Å². The molecule has 7 heteroatoms. The summed E-state index contributed by atoms with van der Waals surface area (Å²) in [6.45, 7) is 3.42. The Kier molecular flexibility index (Phi) is 6.01. The van der Waals surface area contributed by atoms with Crippen LogP contribution in [0.5, 0.6) is 0 Å². The monoisotopic (exact) mass is 393 g/mol. The van der Waals surface area contributed by atoms with E-state index in [0.29, 0.717) is 43.1 Å². The van der Waals surface area contributed by atoms with Gasteiger partial charge < -0.3 is 26.0 Å². The van der Waals surface area contributed by atoms with Crippen LogP contribution in [0, 0.1) is 0 Å². The van der Waals surface area contributed by atoms with Gasteiger partial charge in [-0.3, -0.25) is 4.79 Å². The molecule has 0 saturated carbocycles. The Morgan fingerprint density at radius 1 is 1.21 bits per heavy atom. The average Bonchev–Trinajstić information content (AvgIpc) is 2.78. The lowest BCUT2D eigenvalue weighted by atomic mass is 9.76. The van der Waals surface area contributed by atoms with Gasteiger partial charge in [0.2, 0.25) is 0 Å². The lowest BCUT2D eigenvalue weighted by Gasteiger charge is -2.33. The second kappa shape index (κ2) is 8.67. The molecule has 1 saturated heterocycles. The van der Waals surface area contributed by atoms with E-state index in [0.717, 1.165) is 42.5 Å². The molecule has 0 bridgehead atoms. The number of piperidine rings is 1. The van der Waals surface area contributed by atoms with Crippen molar-refractivity contribution in [1.29, 1.82) is 0 Å². The molecule has 152 valence electrons.